The van der Waals surface area contributed by atoms with Crippen molar-refractivity contribution in [1.82, 2.24) is 10.7 Å². The van der Waals surface area contributed by atoms with Crippen molar-refractivity contribution in [2.45, 2.75) is 18.9 Å². The van der Waals surface area contributed by atoms with E-state index in [4.69, 9.17) is 35.4 Å². The van der Waals surface area contributed by atoms with Gasteiger partial charge in [-0.15, -0.1) is 0 Å². The van der Waals surface area contributed by atoms with Crippen LogP contribution in [-0.2, 0) is 0 Å². The van der Waals surface area contributed by atoms with Gasteiger partial charge in [0.05, 0.1) is 11.2 Å². The topological polar surface area (TPSA) is 56.7 Å². The fourth-order valence-corrected chi connectivity index (χ4v) is 3.71. The van der Waals surface area contributed by atoms with Gasteiger partial charge in [0.2, 0.25) is 0 Å². The Morgan fingerprint density at radius 3 is 2.82 bits per heavy atom. The van der Waals surface area contributed by atoms with Crippen molar-refractivity contribution in [3.63, 3.8) is 0 Å². The summed E-state index contributed by atoms with van der Waals surface area (Å²) in [4.78, 5) is 0. The van der Waals surface area contributed by atoms with E-state index in [-0.39, 0.29) is 10.8 Å². The Bertz CT molecular complexity index is 662. The first-order valence-corrected chi connectivity index (χ1v) is 8.15. The van der Waals surface area contributed by atoms with Gasteiger partial charge in [-0.1, -0.05) is 35.4 Å². The summed E-state index contributed by atoms with van der Waals surface area (Å²) in [5.74, 6) is 1.18. The monoisotopic (exact) mass is 355 g/mol. The number of phenolic OH excluding ortho intramolecular Hbond substituents is 1. The number of hydrogen-bond acceptors (Lipinski definition) is 3. The van der Waals surface area contributed by atoms with Crippen molar-refractivity contribution in [2.75, 3.05) is 0 Å². The van der Waals surface area contributed by atoms with E-state index in [1.807, 2.05) is 0 Å². The maximum absolute atomic E-state index is 9.82. The third-order valence-corrected chi connectivity index (χ3v) is 4.74. The van der Waals surface area contributed by atoms with Crippen LogP contribution in [0.3, 0.4) is 0 Å². The third-order valence-electron chi connectivity index (χ3n) is 4.02. The Hall–Kier alpha value is -1.30. The average molecular weight is 356 g/mol. The molecule has 3 atom stereocenters. The summed E-state index contributed by atoms with van der Waals surface area (Å²) >= 11 is 17.0. The van der Waals surface area contributed by atoms with E-state index in [9.17, 15) is 5.11 Å². The molecule has 0 saturated heterocycles. The number of aromatic hydroxyl groups is 1. The molecule has 2 bridgehead atoms. The van der Waals surface area contributed by atoms with Gasteiger partial charge < -0.3 is 10.4 Å². The van der Waals surface area contributed by atoms with Gasteiger partial charge >= 0.3 is 0 Å². The van der Waals surface area contributed by atoms with E-state index in [2.05, 4.69) is 28.0 Å². The van der Waals surface area contributed by atoms with Crippen molar-refractivity contribution in [2.24, 2.45) is 16.9 Å². The van der Waals surface area contributed by atoms with Gasteiger partial charge in [0.25, 0.3) is 0 Å². The van der Waals surface area contributed by atoms with Crippen molar-refractivity contribution >= 4 is 46.7 Å². The molecule has 0 spiro atoms. The number of nitrogens with zero attached hydrogens (tertiary/aromatic N) is 1. The molecule has 2 aliphatic carbocycles. The van der Waals surface area contributed by atoms with E-state index in [1.165, 1.54) is 18.7 Å². The number of benzene rings is 1. The quantitative estimate of drug-likeness (QED) is 0.336. The minimum absolute atomic E-state index is 0.0614. The van der Waals surface area contributed by atoms with Crippen LogP contribution in [-0.4, -0.2) is 22.5 Å². The van der Waals surface area contributed by atoms with Crippen LogP contribution in [0.15, 0.2) is 29.4 Å². The minimum atomic E-state index is -0.0614. The van der Waals surface area contributed by atoms with Crippen LogP contribution < -0.4 is 10.7 Å². The number of fused-ring (bicyclic) bond motifs is 2. The maximum atomic E-state index is 9.82. The lowest BCUT2D eigenvalue weighted by molar-refractivity contribution is 0.474. The van der Waals surface area contributed by atoms with Crippen LogP contribution in [0.4, 0.5) is 0 Å². The fourth-order valence-electron chi connectivity index (χ4n) is 2.99. The molecule has 22 heavy (non-hydrogen) atoms. The zero-order valence-corrected chi connectivity index (χ0v) is 13.9. The molecular formula is C15H15Cl2N3OS. The largest absolute Gasteiger partial charge is 0.506 e. The number of rotatable bonds is 3. The molecule has 1 fully saturated rings. The second-order valence-electron chi connectivity index (χ2n) is 5.56. The van der Waals surface area contributed by atoms with Crippen LogP contribution in [0.5, 0.6) is 5.75 Å². The van der Waals surface area contributed by atoms with Crippen molar-refractivity contribution < 1.29 is 5.11 Å². The molecule has 0 aliphatic heterocycles. The molecule has 1 aromatic rings. The highest BCUT2D eigenvalue weighted by Crippen LogP contribution is 2.38. The molecule has 0 radical (unpaired) electrons. The summed E-state index contributed by atoms with van der Waals surface area (Å²) in [6, 6.07) is 3.42. The Morgan fingerprint density at radius 1 is 1.32 bits per heavy atom. The molecule has 4 nitrogen and oxygen atoms in total. The number of halogens is 2. The molecule has 0 unspecified atom stereocenters. The SMILES string of the molecule is Oc1c(Cl)cc(Cl)cc1/C=N/NC(=S)N[C@H]1C[C@H]2C=C[C@@H]1C2. The summed E-state index contributed by atoms with van der Waals surface area (Å²) in [6.07, 6.45) is 8.28. The van der Waals surface area contributed by atoms with Gasteiger partial charge in [-0.3, -0.25) is 5.43 Å². The first-order chi connectivity index (χ1) is 10.5. The highest BCUT2D eigenvalue weighted by Gasteiger charge is 2.35. The molecule has 7 heteroatoms. The molecule has 0 amide bonds. The summed E-state index contributed by atoms with van der Waals surface area (Å²) in [6.45, 7) is 0. The molecule has 116 valence electrons. The van der Waals surface area contributed by atoms with Crippen molar-refractivity contribution in [1.29, 1.82) is 0 Å². The number of thiocarbonyl (C=S) groups is 1. The van der Waals surface area contributed by atoms with E-state index in [0.717, 1.165) is 6.42 Å². The highest BCUT2D eigenvalue weighted by atomic mass is 35.5. The molecule has 1 saturated carbocycles. The summed E-state index contributed by atoms with van der Waals surface area (Å²) in [5.41, 5.74) is 3.18. The van der Waals surface area contributed by atoms with E-state index in [1.54, 1.807) is 6.07 Å². The fraction of sp³-hybridized carbons (Fsp3) is 0.333. The standard InChI is InChI=1S/C15H15Cl2N3OS/c16-11-5-10(14(21)12(17)6-11)7-18-20-15(22)19-13-4-8-1-2-9(13)3-8/h1-2,5-9,13,21H,3-4H2,(H2,19,20,22)/b18-7+/t8-,9+,13-/m0/s1. The molecule has 3 rings (SSSR count). The predicted molar refractivity (Wildman–Crippen MR) is 93.7 cm³/mol. The predicted octanol–water partition coefficient (Wildman–Crippen LogP) is 3.46. The highest BCUT2D eigenvalue weighted by molar-refractivity contribution is 7.80. The van der Waals surface area contributed by atoms with Gasteiger partial charge in [-0.2, -0.15) is 5.10 Å². The molecule has 2 aliphatic rings. The summed E-state index contributed by atoms with van der Waals surface area (Å²) < 4.78 is 0. The zero-order chi connectivity index (χ0) is 15.7. The second-order valence-corrected chi connectivity index (χ2v) is 6.81. The first kappa shape index (κ1) is 15.6. The summed E-state index contributed by atoms with van der Waals surface area (Å²) in [7, 11) is 0. The maximum Gasteiger partial charge on any atom is 0.187 e. The van der Waals surface area contributed by atoms with Gasteiger partial charge in [0, 0.05) is 16.6 Å². The Morgan fingerprint density at radius 2 is 2.14 bits per heavy atom. The number of hydrazone groups is 1. The van der Waals surface area contributed by atoms with Crippen LogP contribution >= 0.6 is 35.4 Å². The lowest BCUT2D eigenvalue weighted by Crippen LogP contribution is -2.42. The van der Waals surface area contributed by atoms with Crippen LogP contribution in [0.2, 0.25) is 10.0 Å². The van der Waals surface area contributed by atoms with Gasteiger partial charge in [0.15, 0.2) is 5.11 Å². The lowest BCUT2D eigenvalue weighted by atomic mass is 10.0. The molecule has 0 heterocycles. The third kappa shape index (κ3) is 3.37. The molecule has 0 aromatic heterocycles. The number of nitrogens with one attached hydrogen (secondary N) is 2. The minimum Gasteiger partial charge on any atom is -0.506 e. The van der Waals surface area contributed by atoms with Crippen molar-refractivity contribution in [3.8, 4) is 5.75 Å². The van der Waals surface area contributed by atoms with Crippen LogP contribution in [0.25, 0.3) is 0 Å². The van der Waals surface area contributed by atoms with E-state index < -0.39 is 0 Å². The normalized spacial score (nSPS) is 25.8. The number of allylic oxidation sites excluding steroid dienone is 1. The Labute approximate surface area is 144 Å². The first-order valence-electron chi connectivity index (χ1n) is 6.99. The summed E-state index contributed by atoms with van der Waals surface area (Å²) in [5, 5.41) is 18.2. The van der Waals surface area contributed by atoms with Gasteiger partial charge in [-0.25, -0.2) is 0 Å². The van der Waals surface area contributed by atoms with Crippen LogP contribution in [0, 0.1) is 11.8 Å². The molecule has 3 N–H and O–H groups in total. The van der Waals surface area contributed by atoms with Gasteiger partial charge in [0.1, 0.15) is 5.75 Å². The van der Waals surface area contributed by atoms with E-state index >= 15 is 0 Å². The van der Waals surface area contributed by atoms with Crippen molar-refractivity contribution in [3.05, 3.63) is 39.9 Å². The lowest BCUT2D eigenvalue weighted by Gasteiger charge is -2.20. The van der Waals surface area contributed by atoms with Crippen LogP contribution in [0.1, 0.15) is 18.4 Å². The Kier molecular flexibility index (Phi) is 4.57. The van der Waals surface area contributed by atoms with Gasteiger partial charge in [-0.05, 0) is 49.0 Å². The molecule has 1 aromatic carbocycles. The van der Waals surface area contributed by atoms with E-state index in [0.29, 0.717) is 33.6 Å². The average Bonchev–Trinajstić information content (AvgIpc) is 3.06. The molecular weight excluding hydrogens is 341 g/mol. The number of phenols is 1. The zero-order valence-electron chi connectivity index (χ0n) is 11.6. The number of hydrogen-bond donors (Lipinski definition) is 3. The smallest absolute Gasteiger partial charge is 0.187 e. The Balaban J connectivity index is 1.56. The second kappa shape index (κ2) is 6.44.